The molecule has 2 rings (SSSR count). The molecular formula is C17H24ClN3O4S. The van der Waals surface area contributed by atoms with Crippen molar-refractivity contribution in [3.63, 3.8) is 0 Å². The lowest BCUT2D eigenvalue weighted by atomic mass is 10.2. The van der Waals surface area contributed by atoms with Crippen molar-refractivity contribution < 1.29 is 18.0 Å². The van der Waals surface area contributed by atoms with E-state index in [0.717, 1.165) is 30.0 Å². The molecule has 144 valence electrons. The van der Waals surface area contributed by atoms with Gasteiger partial charge in [-0.2, -0.15) is 0 Å². The molecular weight excluding hydrogens is 378 g/mol. The monoisotopic (exact) mass is 401 g/mol. The SMILES string of the molecule is CN(C)S(=O)(=O)c1cc(C(=O)NCCC(=O)NC2CCCC2)ccc1Cl. The second-order valence-corrected chi connectivity index (χ2v) is 9.01. The van der Waals surface area contributed by atoms with E-state index in [1.165, 1.54) is 32.3 Å². The summed E-state index contributed by atoms with van der Waals surface area (Å²) in [6, 6.07) is 4.31. The molecule has 1 aromatic rings. The second kappa shape index (κ2) is 8.83. The number of carbonyl (C=O) groups excluding carboxylic acids is 2. The van der Waals surface area contributed by atoms with E-state index in [0.29, 0.717) is 0 Å². The van der Waals surface area contributed by atoms with Crippen LogP contribution in [0.4, 0.5) is 0 Å². The highest BCUT2D eigenvalue weighted by molar-refractivity contribution is 7.89. The van der Waals surface area contributed by atoms with Crippen LogP contribution in [0.2, 0.25) is 5.02 Å². The summed E-state index contributed by atoms with van der Waals surface area (Å²) in [6.45, 7) is 0.176. The third-order valence-electron chi connectivity index (χ3n) is 4.31. The lowest BCUT2D eigenvalue weighted by molar-refractivity contribution is -0.121. The Kier molecular flexibility index (Phi) is 7.02. The number of rotatable bonds is 7. The Balaban J connectivity index is 1.94. The highest BCUT2D eigenvalue weighted by atomic mass is 35.5. The maximum Gasteiger partial charge on any atom is 0.251 e. The van der Waals surface area contributed by atoms with Crippen LogP contribution in [0.5, 0.6) is 0 Å². The van der Waals surface area contributed by atoms with Gasteiger partial charge in [-0.25, -0.2) is 12.7 Å². The van der Waals surface area contributed by atoms with Crippen molar-refractivity contribution in [3.05, 3.63) is 28.8 Å². The number of hydrogen-bond donors (Lipinski definition) is 2. The van der Waals surface area contributed by atoms with Gasteiger partial charge in [0.2, 0.25) is 15.9 Å². The molecule has 1 aliphatic rings. The van der Waals surface area contributed by atoms with E-state index in [-0.39, 0.29) is 40.4 Å². The summed E-state index contributed by atoms with van der Waals surface area (Å²) in [5, 5.41) is 5.63. The van der Waals surface area contributed by atoms with Crippen molar-refractivity contribution in [3.8, 4) is 0 Å². The molecule has 0 spiro atoms. The minimum Gasteiger partial charge on any atom is -0.353 e. The summed E-state index contributed by atoms with van der Waals surface area (Å²) >= 11 is 5.97. The van der Waals surface area contributed by atoms with Crippen LogP contribution < -0.4 is 10.6 Å². The molecule has 26 heavy (non-hydrogen) atoms. The Morgan fingerprint density at radius 1 is 1.23 bits per heavy atom. The summed E-state index contributed by atoms with van der Waals surface area (Å²) < 4.78 is 25.5. The van der Waals surface area contributed by atoms with Crippen LogP contribution in [0.15, 0.2) is 23.1 Å². The van der Waals surface area contributed by atoms with Crippen molar-refractivity contribution in [2.75, 3.05) is 20.6 Å². The Hall–Kier alpha value is -1.64. The molecule has 0 radical (unpaired) electrons. The van der Waals surface area contributed by atoms with Gasteiger partial charge >= 0.3 is 0 Å². The number of hydrogen-bond acceptors (Lipinski definition) is 4. The van der Waals surface area contributed by atoms with Crippen molar-refractivity contribution in [1.29, 1.82) is 0 Å². The molecule has 0 aromatic heterocycles. The zero-order chi connectivity index (χ0) is 19.3. The summed E-state index contributed by atoms with van der Waals surface area (Å²) in [5.41, 5.74) is 0.172. The van der Waals surface area contributed by atoms with E-state index in [2.05, 4.69) is 10.6 Å². The third kappa shape index (κ3) is 5.18. The minimum atomic E-state index is -3.75. The molecule has 0 heterocycles. The van der Waals surface area contributed by atoms with E-state index < -0.39 is 15.9 Å². The van der Waals surface area contributed by atoms with E-state index in [1.54, 1.807) is 0 Å². The van der Waals surface area contributed by atoms with Gasteiger partial charge in [0.1, 0.15) is 4.90 Å². The highest BCUT2D eigenvalue weighted by Crippen LogP contribution is 2.24. The van der Waals surface area contributed by atoms with E-state index in [4.69, 9.17) is 11.6 Å². The molecule has 0 atom stereocenters. The van der Waals surface area contributed by atoms with Crippen LogP contribution in [0.3, 0.4) is 0 Å². The standard InChI is InChI=1S/C17H24ClN3O4S/c1-21(2)26(24,25)15-11-12(7-8-14(15)18)17(23)19-10-9-16(22)20-13-5-3-4-6-13/h7-8,11,13H,3-6,9-10H2,1-2H3,(H,19,23)(H,20,22). The number of sulfonamides is 1. The average Bonchev–Trinajstić information content (AvgIpc) is 3.07. The van der Waals surface area contributed by atoms with Gasteiger partial charge in [0.25, 0.3) is 5.91 Å². The van der Waals surface area contributed by atoms with Crippen molar-refractivity contribution in [2.45, 2.75) is 43.0 Å². The summed E-state index contributed by atoms with van der Waals surface area (Å²) in [4.78, 5) is 24.0. The molecule has 2 amide bonds. The Bertz CT molecular complexity index is 774. The molecule has 1 aliphatic carbocycles. The van der Waals surface area contributed by atoms with Crippen molar-refractivity contribution in [1.82, 2.24) is 14.9 Å². The Morgan fingerprint density at radius 3 is 2.50 bits per heavy atom. The van der Waals surface area contributed by atoms with Crippen LogP contribution in [0, 0.1) is 0 Å². The van der Waals surface area contributed by atoms with Gasteiger partial charge in [-0.3, -0.25) is 9.59 Å². The number of nitrogens with zero attached hydrogens (tertiary/aromatic N) is 1. The fourth-order valence-electron chi connectivity index (χ4n) is 2.80. The smallest absolute Gasteiger partial charge is 0.251 e. The molecule has 9 heteroatoms. The van der Waals surface area contributed by atoms with Crippen LogP contribution in [0.1, 0.15) is 42.5 Å². The number of carbonyl (C=O) groups is 2. The number of amides is 2. The van der Waals surface area contributed by atoms with Crippen LogP contribution in [0.25, 0.3) is 0 Å². The summed E-state index contributed by atoms with van der Waals surface area (Å²) in [5.74, 6) is -0.547. The lowest BCUT2D eigenvalue weighted by Crippen LogP contribution is -2.35. The first kappa shape index (κ1) is 20.7. The largest absolute Gasteiger partial charge is 0.353 e. The van der Waals surface area contributed by atoms with Gasteiger partial charge in [-0.15, -0.1) is 0 Å². The first-order chi connectivity index (χ1) is 12.2. The molecule has 1 saturated carbocycles. The van der Waals surface area contributed by atoms with Crippen molar-refractivity contribution in [2.24, 2.45) is 0 Å². The molecule has 7 nitrogen and oxygen atoms in total. The van der Waals surface area contributed by atoms with E-state index >= 15 is 0 Å². The van der Waals surface area contributed by atoms with Gasteiger partial charge in [0.05, 0.1) is 5.02 Å². The third-order valence-corrected chi connectivity index (χ3v) is 6.61. The highest BCUT2D eigenvalue weighted by Gasteiger charge is 2.22. The molecule has 0 aliphatic heterocycles. The zero-order valence-corrected chi connectivity index (χ0v) is 16.5. The average molecular weight is 402 g/mol. The Morgan fingerprint density at radius 2 is 1.88 bits per heavy atom. The summed E-state index contributed by atoms with van der Waals surface area (Å²) in [7, 11) is -0.973. The molecule has 1 aromatic carbocycles. The van der Waals surface area contributed by atoms with Gasteiger partial charge < -0.3 is 10.6 Å². The second-order valence-electron chi connectivity index (χ2n) is 6.49. The van der Waals surface area contributed by atoms with Gasteiger partial charge in [-0.1, -0.05) is 24.4 Å². The first-order valence-corrected chi connectivity index (χ1v) is 10.3. The fraction of sp³-hybridized carbons (Fsp3) is 0.529. The van der Waals surface area contributed by atoms with Gasteiger partial charge in [-0.05, 0) is 31.0 Å². The first-order valence-electron chi connectivity index (χ1n) is 8.51. The zero-order valence-electron chi connectivity index (χ0n) is 14.9. The Labute approximate surface area is 159 Å². The fourth-order valence-corrected chi connectivity index (χ4v) is 4.19. The van der Waals surface area contributed by atoms with Crippen LogP contribution >= 0.6 is 11.6 Å². The number of halogens is 1. The predicted molar refractivity (Wildman–Crippen MR) is 99.7 cm³/mol. The van der Waals surface area contributed by atoms with Gasteiger partial charge in [0.15, 0.2) is 0 Å². The molecule has 0 unspecified atom stereocenters. The predicted octanol–water partition coefficient (Wildman–Crippen LogP) is 1.77. The normalized spacial score (nSPS) is 15.2. The topological polar surface area (TPSA) is 95.6 Å². The molecule has 2 N–H and O–H groups in total. The maximum atomic E-state index is 12.3. The summed E-state index contributed by atoms with van der Waals surface area (Å²) in [6.07, 6.45) is 4.46. The molecule has 0 bridgehead atoms. The number of nitrogens with one attached hydrogen (secondary N) is 2. The molecule has 1 fully saturated rings. The van der Waals surface area contributed by atoms with E-state index in [1.807, 2.05) is 0 Å². The van der Waals surface area contributed by atoms with Crippen LogP contribution in [-0.4, -0.2) is 51.2 Å². The number of benzene rings is 1. The minimum absolute atomic E-state index is 0.0474. The maximum absolute atomic E-state index is 12.3. The quantitative estimate of drug-likeness (QED) is 0.727. The van der Waals surface area contributed by atoms with Crippen molar-refractivity contribution >= 4 is 33.4 Å². The van der Waals surface area contributed by atoms with Crippen LogP contribution in [-0.2, 0) is 14.8 Å². The van der Waals surface area contributed by atoms with Gasteiger partial charge in [0, 0.05) is 38.7 Å². The van der Waals surface area contributed by atoms with E-state index in [9.17, 15) is 18.0 Å². The molecule has 0 saturated heterocycles. The lowest BCUT2D eigenvalue weighted by Gasteiger charge is -2.14.